The molecule has 158 valence electrons. The molecule has 0 radical (unpaired) electrons. The Morgan fingerprint density at radius 1 is 1.16 bits per heavy atom. The second-order valence-corrected chi connectivity index (χ2v) is 8.83. The number of hydrogen-bond acceptors (Lipinski definition) is 6. The molecule has 2 heterocycles. The maximum absolute atomic E-state index is 12.6. The van der Waals surface area contributed by atoms with Gasteiger partial charge in [0.15, 0.2) is 11.0 Å². The summed E-state index contributed by atoms with van der Waals surface area (Å²) in [6.45, 7) is 4.14. The molecular formula is C23H24N6OS. The van der Waals surface area contributed by atoms with Gasteiger partial charge < -0.3 is 5.32 Å². The summed E-state index contributed by atoms with van der Waals surface area (Å²) in [5.41, 5.74) is 3.48. The molecule has 2 aromatic heterocycles. The SMILES string of the molecule is Cc1ccc(-n2c(SCC(=O)NC3(C#N)CCCC3)nnc2-c2ccncc2)cc1C. The van der Waals surface area contributed by atoms with Crippen molar-refractivity contribution in [3.63, 3.8) is 0 Å². The van der Waals surface area contributed by atoms with Gasteiger partial charge in [-0.1, -0.05) is 17.8 Å². The second kappa shape index (κ2) is 8.90. The topological polar surface area (TPSA) is 96.5 Å². The number of aromatic nitrogens is 4. The van der Waals surface area contributed by atoms with E-state index in [4.69, 9.17) is 0 Å². The summed E-state index contributed by atoms with van der Waals surface area (Å²) in [6, 6.07) is 12.3. The third kappa shape index (κ3) is 4.47. The van der Waals surface area contributed by atoms with Crippen LogP contribution in [0.4, 0.5) is 0 Å². The van der Waals surface area contributed by atoms with Crippen molar-refractivity contribution in [1.82, 2.24) is 25.1 Å². The number of nitrogens with one attached hydrogen (secondary N) is 1. The zero-order valence-corrected chi connectivity index (χ0v) is 18.4. The number of nitrogens with zero attached hydrogens (tertiary/aromatic N) is 5. The number of benzene rings is 1. The first-order chi connectivity index (χ1) is 15.0. The Morgan fingerprint density at radius 2 is 1.90 bits per heavy atom. The minimum atomic E-state index is -0.721. The van der Waals surface area contributed by atoms with Crippen LogP contribution >= 0.6 is 11.8 Å². The lowest BCUT2D eigenvalue weighted by Gasteiger charge is -2.21. The van der Waals surface area contributed by atoms with Crippen molar-refractivity contribution in [2.45, 2.75) is 50.2 Å². The van der Waals surface area contributed by atoms with Gasteiger partial charge in [-0.2, -0.15) is 5.26 Å². The summed E-state index contributed by atoms with van der Waals surface area (Å²) in [4.78, 5) is 16.7. The van der Waals surface area contributed by atoms with E-state index in [9.17, 15) is 10.1 Å². The van der Waals surface area contributed by atoms with Crippen LogP contribution in [0.2, 0.25) is 0 Å². The standard InChI is InChI=1S/C23H24N6OS/c1-16-5-6-19(13-17(16)2)29-21(18-7-11-25-12-8-18)27-28-22(29)31-14-20(30)26-23(15-24)9-3-4-10-23/h5-8,11-13H,3-4,9-10,14H2,1-2H3,(H,26,30). The molecule has 0 bridgehead atoms. The first-order valence-corrected chi connectivity index (χ1v) is 11.3. The number of aryl methyl sites for hydroxylation is 2. The number of carbonyl (C=O) groups excluding carboxylic acids is 1. The molecule has 0 spiro atoms. The predicted molar refractivity (Wildman–Crippen MR) is 120 cm³/mol. The Balaban J connectivity index is 1.62. The summed E-state index contributed by atoms with van der Waals surface area (Å²) >= 11 is 1.32. The molecule has 1 aromatic carbocycles. The van der Waals surface area contributed by atoms with Gasteiger partial charge in [0.1, 0.15) is 5.54 Å². The molecule has 31 heavy (non-hydrogen) atoms. The number of thioether (sulfide) groups is 1. The summed E-state index contributed by atoms with van der Waals surface area (Å²) in [5, 5.41) is 21.9. The van der Waals surface area contributed by atoms with E-state index < -0.39 is 5.54 Å². The van der Waals surface area contributed by atoms with Crippen LogP contribution in [0.5, 0.6) is 0 Å². The monoisotopic (exact) mass is 432 g/mol. The molecule has 1 N–H and O–H groups in total. The number of nitriles is 1. The highest BCUT2D eigenvalue weighted by atomic mass is 32.2. The van der Waals surface area contributed by atoms with Crippen LogP contribution in [0.25, 0.3) is 17.1 Å². The van der Waals surface area contributed by atoms with Crippen molar-refractivity contribution in [3.8, 4) is 23.1 Å². The average molecular weight is 433 g/mol. The van der Waals surface area contributed by atoms with Crippen LogP contribution in [0.1, 0.15) is 36.8 Å². The molecule has 1 fully saturated rings. The maximum atomic E-state index is 12.6. The molecule has 0 unspecified atom stereocenters. The van der Waals surface area contributed by atoms with Gasteiger partial charge in [0.05, 0.1) is 17.5 Å². The average Bonchev–Trinajstić information content (AvgIpc) is 3.42. The summed E-state index contributed by atoms with van der Waals surface area (Å²) in [5.74, 6) is 0.703. The van der Waals surface area contributed by atoms with E-state index in [2.05, 4.69) is 52.5 Å². The second-order valence-electron chi connectivity index (χ2n) is 7.88. The molecule has 0 atom stereocenters. The lowest BCUT2D eigenvalue weighted by atomic mass is 10.0. The molecule has 7 nitrogen and oxygen atoms in total. The maximum Gasteiger partial charge on any atom is 0.231 e. The minimum absolute atomic E-state index is 0.159. The summed E-state index contributed by atoms with van der Waals surface area (Å²) in [7, 11) is 0. The minimum Gasteiger partial charge on any atom is -0.337 e. The van der Waals surface area contributed by atoms with Crippen molar-refractivity contribution in [2.24, 2.45) is 0 Å². The van der Waals surface area contributed by atoms with Crippen LogP contribution < -0.4 is 5.32 Å². The Hall–Kier alpha value is -3.18. The van der Waals surface area contributed by atoms with E-state index in [1.807, 2.05) is 22.8 Å². The Kier molecular flexibility index (Phi) is 6.05. The van der Waals surface area contributed by atoms with Crippen molar-refractivity contribution in [2.75, 3.05) is 5.75 Å². The van der Waals surface area contributed by atoms with Crippen LogP contribution in [-0.2, 0) is 4.79 Å². The zero-order chi connectivity index (χ0) is 21.8. The lowest BCUT2D eigenvalue weighted by molar-refractivity contribution is -0.119. The van der Waals surface area contributed by atoms with E-state index in [-0.39, 0.29) is 11.7 Å². The first kappa shape index (κ1) is 21.1. The van der Waals surface area contributed by atoms with E-state index >= 15 is 0 Å². The number of pyridine rings is 1. The van der Waals surface area contributed by atoms with Crippen molar-refractivity contribution >= 4 is 17.7 Å². The first-order valence-electron chi connectivity index (χ1n) is 10.3. The van der Waals surface area contributed by atoms with Crippen LogP contribution in [0, 0.1) is 25.2 Å². The number of hydrogen-bond donors (Lipinski definition) is 1. The summed E-state index contributed by atoms with van der Waals surface area (Å²) < 4.78 is 1.97. The van der Waals surface area contributed by atoms with Crippen molar-refractivity contribution in [1.29, 1.82) is 5.26 Å². The van der Waals surface area contributed by atoms with Gasteiger partial charge in [-0.25, -0.2) is 0 Å². The molecule has 0 saturated heterocycles. The Morgan fingerprint density at radius 3 is 2.58 bits per heavy atom. The Labute approximate surface area is 185 Å². The number of amides is 1. The fourth-order valence-corrected chi connectivity index (χ4v) is 4.58. The van der Waals surface area contributed by atoms with E-state index in [1.165, 1.54) is 17.3 Å². The molecule has 3 aromatic rings. The number of rotatable bonds is 6. The van der Waals surface area contributed by atoms with E-state index in [0.717, 1.165) is 29.7 Å². The quantitative estimate of drug-likeness (QED) is 0.592. The smallest absolute Gasteiger partial charge is 0.231 e. The van der Waals surface area contributed by atoms with Gasteiger partial charge >= 0.3 is 0 Å². The third-order valence-electron chi connectivity index (χ3n) is 5.70. The van der Waals surface area contributed by atoms with Crippen LogP contribution in [0.3, 0.4) is 0 Å². The molecule has 8 heteroatoms. The Bertz CT molecular complexity index is 1130. The number of carbonyl (C=O) groups is 1. The largest absolute Gasteiger partial charge is 0.337 e. The van der Waals surface area contributed by atoms with E-state index in [1.54, 1.807) is 12.4 Å². The van der Waals surface area contributed by atoms with Gasteiger partial charge in [-0.3, -0.25) is 14.3 Å². The molecular weight excluding hydrogens is 408 g/mol. The third-order valence-corrected chi connectivity index (χ3v) is 6.63. The molecule has 4 rings (SSSR count). The van der Waals surface area contributed by atoms with Gasteiger partial charge in [0.2, 0.25) is 5.91 Å². The van der Waals surface area contributed by atoms with E-state index in [0.29, 0.717) is 23.8 Å². The van der Waals surface area contributed by atoms with Gasteiger partial charge in [-0.05, 0) is 74.9 Å². The fourth-order valence-electron chi connectivity index (χ4n) is 3.83. The molecule has 0 aliphatic heterocycles. The highest BCUT2D eigenvalue weighted by Crippen LogP contribution is 2.31. The van der Waals surface area contributed by atoms with Gasteiger partial charge in [-0.15, -0.1) is 10.2 Å². The van der Waals surface area contributed by atoms with Crippen molar-refractivity contribution in [3.05, 3.63) is 53.9 Å². The van der Waals surface area contributed by atoms with Gasteiger partial charge in [0.25, 0.3) is 0 Å². The lowest BCUT2D eigenvalue weighted by Crippen LogP contribution is -2.45. The fraction of sp³-hybridized carbons (Fsp3) is 0.348. The zero-order valence-electron chi connectivity index (χ0n) is 17.6. The van der Waals surface area contributed by atoms with Gasteiger partial charge in [0, 0.05) is 18.0 Å². The predicted octanol–water partition coefficient (Wildman–Crippen LogP) is 3.99. The van der Waals surface area contributed by atoms with Crippen molar-refractivity contribution < 1.29 is 4.79 Å². The normalized spacial score (nSPS) is 14.9. The molecule has 1 aliphatic carbocycles. The van der Waals surface area contributed by atoms with Crippen LogP contribution in [-0.4, -0.2) is 36.9 Å². The highest BCUT2D eigenvalue weighted by molar-refractivity contribution is 7.99. The molecule has 1 aliphatic rings. The summed E-state index contributed by atoms with van der Waals surface area (Å²) in [6.07, 6.45) is 6.81. The highest BCUT2D eigenvalue weighted by Gasteiger charge is 2.35. The molecule has 1 saturated carbocycles. The molecule has 1 amide bonds. The van der Waals surface area contributed by atoms with Crippen LogP contribution in [0.15, 0.2) is 47.9 Å².